The average molecular weight is 495 g/mol. The molecule has 0 aliphatic heterocycles. The molecule has 0 atom stereocenters. The fraction of sp³-hybridized carbons (Fsp3) is 0. The second kappa shape index (κ2) is 9.03. The van der Waals surface area contributed by atoms with Crippen LogP contribution in [0.2, 0.25) is 10.0 Å². The smallest absolute Gasteiger partial charge is 0.400 e. The first-order valence-corrected chi connectivity index (χ1v) is 10.4. The third-order valence-electron chi connectivity index (χ3n) is 4.11. The molecule has 12 heteroatoms. The summed E-state index contributed by atoms with van der Waals surface area (Å²) < 4.78 is 33.8. The third-order valence-corrected chi connectivity index (χ3v) is 5.48. The zero-order chi connectivity index (χ0) is 22.8. The van der Waals surface area contributed by atoms with Gasteiger partial charge in [0, 0.05) is 22.0 Å². The van der Waals surface area contributed by atoms with E-state index in [1.807, 2.05) is 0 Å². The number of benzene rings is 2. The minimum Gasteiger partial charge on any atom is -0.400 e. The van der Waals surface area contributed by atoms with Crippen LogP contribution in [0.5, 0.6) is 0 Å². The fourth-order valence-corrected chi connectivity index (χ4v) is 4.02. The number of furan rings is 1. The monoisotopic (exact) mass is 494 g/mol. The van der Waals surface area contributed by atoms with Gasteiger partial charge in [-0.25, -0.2) is 18.4 Å². The van der Waals surface area contributed by atoms with Gasteiger partial charge in [-0.1, -0.05) is 23.2 Å². The molecule has 2 heterocycles. The average Bonchev–Trinajstić information content (AvgIpc) is 3.36. The standard InChI is InChI=1S/C20H10Cl2F2N4O3S/c21-11-1-4-14(15(22)7-11)18-10-32-20(26-17-5-2-12(23)8-16(17)24)27(18)25-9-13-3-6-19(31-13)28(29)30/h1-10H. The highest BCUT2D eigenvalue weighted by atomic mass is 35.5. The van der Waals surface area contributed by atoms with E-state index in [9.17, 15) is 18.9 Å². The second-order valence-electron chi connectivity index (χ2n) is 6.22. The Balaban J connectivity index is 1.86. The van der Waals surface area contributed by atoms with Crippen molar-refractivity contribution in [1.29, 1.82) is 0 Å². The number of aromatic nitrogens is 1. The lowest BCUT2D eigenvalue weighted by atomic mass is 10.2. The van der Waals surface area contributed by atoms with Gasteiger partial charge >= 0.3 is 5.88 Å². The molecule has 32 heavy (non-hydrogen) atoms. The zero-order valence-corrected chi connectivity index (χ0v) is 18.0. The summed E-state index contributed by atoms with van der Waals surface area (Å²) in [6.45, 7) is 0. The van der Waals surface area contributed by atoms with Crippen LogP contribution in [-0.4, -0.2) is 15.8 Å². The van der Waals surface area contributed by atoms with Crippen molar-refractivity contribution in [2.45, 2.75) is 0 Å². The maximum atomic E-state index is 14.1. The summed E-state index contributed by atoms with van der Waals surface area (Å²) in [6.07, 6.45) is 1.24. The summed E-state index contributed by atoms with van der Waals surface area (Å²) in [5, 5.41) is 17.6. The van der Waals surface area contributed by atoms with Gasteiger partial charge in [0.1, 0.15) is 16.4 Å². The van der Waals surface area contributed by atoms with Gasteiger partial charge in [0.05, 0.1) is 23.0 Å². The Morgan fingerprint density at radius 2 is 1.94 bits per heavy atom. The minimum absolute atomic E-state index is 0.0976. The van der Waals surface area contributed by atoms with Crippen LogP contribution in [0.1, 0.15) is 5.76 Å². The van der Waals surface area contributed by atoms with Crippen LogP contribution in [0.15, 0.2) is 68.4 Å². The van der Waals surface area contributed by atoms with Gasteiger partial charge in [-0.15, -0.1) is 11.3 Å². The van der Waals surface area contributed by atoms with Crippen molar-refractivity contribution in [3.8, 4) is 11.3 Å². The lowest BCUT2D eigenvalue weighted by Gasteiger charge is -2.06. The van der Waals surface area contributed by atoms with Crippen LogP contribution in [0.4, 0.5) is 20.4 Å². The van der Waals surface area contributed by atoms with E-state index in [4.69, 9.17) is 27.6 Å². The number of nitrogens with zero attached hydrogens (tertiary/aromatic N) is 4. The predicted molar refractivity (Wildman–Crippen MR) is 118 cm³/mol. The highest BCUT2D eigenvalue weighted by Crippen LogP contribution is 2.31. The first-order chi connectivity index (χ1) is 15.3. The van der Waals surface area contributed by atoms with E-state index in [2.05, 4.69) is 10.1 Å². The molecule has 0 N–H and O–H groups in total. The molecular formula is C20H10Cl2F2N4O3S. The van der Waals surface area contributed by atoms with Crippen molar-refractivity contribution in [3.05, 3.63) is 96.3 Å². The van der Waals surface area contributed by atoms with E-state index in [1.54, 1.807) is 23.6 Å². The quantitative estimate of drug-likeness (QED) is 0.182. The lowest BCUT2D eigenvalue weighted by Crippen LogP contribution is -2.11. The lowest BCUT2D eigenvalue weighted by molar-refractivity contribution is -0.402. The molecule has 0 spiro atoms. The molecule has 0 amide bonds. The summed E-state index contributed by atoms with van der Waals surface area (Å²) in [5.41, 5.74) is 0.964. The molecule has 2 aromatic heterocycles. The molecule has 0 saturated carbocycles. The Morgan fingerprint density at radius 1 is 1.12 bits per heavy atom. The Kier molecular flexibility index (Phi) is 6.17. The van der Waals surface area contributed by atoms with Crippen LogP contribution < -0.4 is 4.80 Å². The Labute approximate surface area is 192 Å². The zero-order valence-electron chi connectivity index (χ0n) is 15.7. The molecule has 0 aliphatic rings. The van der Waals surface area contributed by atoms with Crippen LogP contribution >= 0.6 is 34.5 Å². The molecular weight excluding hydrogens is 485 g/mol. The number of hydrogen-bond donors (Lipinski definition) is 0. The van der Waals surface area contributed by atoms with Gasteiger partial charge in [-0.05, 0) is 36.4 Å². The summed E-state index contributed by atoms with van der Waals surface area (Å²) in [6, 6.07) is 10.4. The first kappa shape index (κ1) is 21.9. The number of halogens is 4. The van der Waals surface area contributed by atoms with Crippen LogP contribution in [0.3, 0.4) is 0 Å². The highest BCUT2D eigenvalue weighted by molar-refractivity contribution is 7.07. The molecule has 0 radical (unpaired) electrons. The van der Waals surface area contributed by atoms with Crippen molar-refractivity contribution in [2.24, 2.45) is 10.1 Å². The Hall–Kier alpha value is -3.34. The van der Waals surface area contributed by atoms with Gasteiger partial charge in [-0.3, -0.25) is 10.1 Å². The van der Waals surface area contributed by atoms with Gasteiger partial charge in [0.2, 0.25) is 4.80 Å². The van der Waals surface area contributed by atoms with Gasteiger partial charge in [-0.2, -0.15) is 5.10 Å². The van der Waals surface area contributed by atoms with Gasteiger partial charge < -0.3 is 4.42 Å². The minimum atomic E-state index is -0.846. The molecule has 0 aliphatic carbocycles. The van der Waals surface area contributed by atoms with Crippen LogP contribution in [0, 0.1) is 21.7 Å². The molecule has 0 bridgehead atoms. The maximum absolute atomic E-state index is 14.1. The molecule has 4 rings (SSSR count). The summed E-state index contributed by atoms with van der Waals surface area (Å²) in [5.74, 6) is -1.91. The number of nitro groups is 1. The molecule has 0 unspecified atom stereocenters. The van der Waals surface area contributed by atoms with E-state index in [0.717, 1.165) is 23.5 Å². The van der Waals surface area contributed by atoms with E-state index in [1.165, 1.54) is 29.1 Å². The van der Waals surface area contributed by atoms with Crippen molar-refractivity contribution >= 4 is 52.3 Å². The van der Waals surface area contributed by atoms with Crippen molar-refractivity contribution in [1.82, 2.24) is 4.68 Å². The van der Waals surface area contributed by atoms with Crippen LogP contribution in [0.25, 0.3) is 11.3 Å². The van der Waals surface area contributed by atoms with Crippen molar-refractivity contribution in [3.63, 3.8) is 0 Å². The topological polar surface area (TPSA) is 85.9 Å². The number of hydrogen-bond acceptors (Lipinski definition) is 6. The summed E-state index contributed by atoms with van der Waals surface area (Å²) in [7, 11) is 0. The molecule has 0 saturated heterocycles. The van der Waals surface area contributed by atoms with E-state index >= 15 is 0 Å². The van der Waals surface area contributed by atoms with E-state index in [0.29, 0.717) is 21.3 Å². The predicted octanol–water partition coefficient (Wildman–Crippen LogP) is 6.42. The highest BCUT2D eigenvalue weighted by Gasteiger charge is 2.14. The fourth-order valence-electron chi connectivity index (χ4n) is 2.67. The maximum Gasteiger partial charge on any atom is 0.433 e. The van der Waals surface area contributed by atoms with Crippen molar-refractivity contribution in [2.75, 3.05) is 0 Å². The summed E-state index contributed by atoms with van der Waals surface area (Å²) in [4.78, 5) is 14.6. The molecule has 2 aromatic carbocycles. The van der Waals surface area contributed by atoms with E-state index < -0.39 is 22.4 Å². The third kappa shape index (κ3) is 4.62. The number of thiazole rings is 1. The normalized spacial score (nSPS) is 12.1. The molecule has 4 aromatic rings. The molecule has 7 nitrogen and oxygen atoms in total. The van der Waals surface area contributed by atoms with Gasteiger partial charge in [0.15, 0.2) is 11.6 Å². The summed E-state index contributed by atoms with van der Waals surface area (Å²) >= 11 is 13.4. The van der Waals surface area contributed by atoms with Crippen LogP contribution in [-0.2, 0) is 0 Å². The van der Waals surface area contributed by atoms with Gasteiger partial charge in [0.25, 0.3) is 0 Å². The first-order valence-electron chi connectivity index (χ1n) is 8.76. The molecule has 162 valence electrons. The Bertz CT molecular complexity index is 1430. The van der Waals surface area contributed by atoms with Crippen molar-refractivity contribution < 1.29 is 18.1 Å². The molecule has 0 fully saturated rings. The second-order valence-corrected chi connectivity index (χ2v) is 7.90. The number of rotatable bonds is 5. The Morgan fingerprint density at radius 3 is 2.62 bits per heavy atom. The largest absolute Gasteiger partial charge is 0.433 e. The SMILES string of the molecule is O=[N+]([O-])c1ccc(C=Nn2c(-c3ccc(Cl)cc3Cl)csc2=Nc2ccc(F)cc2F)o1. The van der Waals surface area contributed by atoms with E-state index in [-0.39, 0.29) is 16.2 Å².